The first-order valence-electron chi connectivity index (χ1n) is 8.15. The van der Waals surface area contributed by atoms with Crippen molar-refractivity contribution >= 4 is 17.3 Å². The van der Waals surface area contributed by atoms with Gasteiger partial charge in [0.2, 0.25) is 0 Å². The number of amides is 1. The molecule has 8 heteroatoms. The molecule has 1 fully saturated rings. The second kappa shape index (κ2) is 7.30. The van der Waals surface area contributed by atoms with E-state index in [1.54, 1.807) is 23.1 Å². The number of benzene rings is 2. The highest BCUT2D eigenvalue weighted by Crippen LogP contribution is 2.26. The van der Waals surface area contributed by atoms with Gasteiger partial charge in [0, 0.05) is 44.0 Å². The third-order valence-corrected chi connectivity index (χ3v) is 4.43. The monoisotopic (exact) mass is 357 g/mol. The van der Waals surface area contributed by atoms with E-state index in [4.69, 9.17) is 4.74 Å². The SMILES string of the molecule is COc1ccc(O)c(C(=O)N2CCN(c3ccc([N+](=O)[O-])cc3)CC2)c1. The molecule has 8 nitrogen and oxygen atoms in total. The van der Waals surface area contributed by atoms with Crippen LogP contribution in [0.1, 0.15) is 10.4 Å². The Morgan fingerprint density at radius 2 is 1.77 bits per heavy atom. The highest BCUT2D eigenvalue weighted by Gasteiger charge is 2.24. The Kier molecular flexibility index (Phi) is 4.92. The quantitative estimate of drug-likeness (QED) is 0.666. The van der Waals surface area contributed by atoms with Crippen LogP contribution >= 0.6 is 0 Å². The second-order valence-electron chi connectivity index (χ2n) is 5.94. The molecule has 0 unspecified atom stereocenters. The number of piperazine rings is 1. The summed E-state index contributed by atoms with van der Waals surface area (Å²) in [6.07, 6.45) is 0. The maximum Gasteiger partial charge on any atom is 0.269 e. The summed E-state index contributed by atoms with van der Waals surface area (Å²) in [5.74, 6) is 0.189. The number of non-ortho nitro benzene ring substituents is 1. The van der Waals surface area contributed by atoms with Crippen LogP contribution in [0, 0.1) is 10.1 Å². The Labute approximate surface area is 150 Å². The molecule has 3 rings (SSSR count). The average Bonchev–Trinajstić information content (AvgIpc) is 2.68. The summed E-state index contributed by atoms with van der Waals surface area (Å²) in [4.78, 5) is 26.7. The third-order valence-electron chi connectivity index (χ3n) is 4.43. The van der Waals surface area contributed by atoms with E-state index in [2.05, 4.69) is 4.90 Å². The zero-order valence-corrected chi connectivity index (χ0v) is 14.3. The lowest BCUT2D eigenvalue weighted by Crippen LogP contribution is -2.48. The van der Waals surface area contributed by atoms with Gasteiger partial charge in [-0.2, -0.15) is 0 Å². The van der Waals surface area contributed by atoms with Gasteiger partial charge in [0.1, 0.15) is 11.5 Å². The molecule has 2 aromatic carbocycles. The number of phenolic OH excluding ortho intramolecular Hbond substituents is 1. The van der Waals surface area contributed by atoms with Crippen LogP contribution in [0.5, 0.6) is 11.5 Å². The van der Waals surface area contributed by atoms with Crippen LogP contribution in [-0.2, 0) is 0 Å². The van der Waals surface area contributed by atoms with Gasteiger partial charge in [-0.15, -0.1) is 0 Å². The van der Waals surface area contributed by atoms with E-state index in [1.807, 2.05) is 0 Å². The molecule has 0 bridgehead atoms. The summed E-state index contributed by atoms with van der Waals surface area (Å²) in [5.41, 5.74) is 1.15. The number of carbonyl (C=O) groups is 1. The normalized spacial score (nSPS) is 14.2. The predicted octanol–water partition coefficient (Wildman–Crippen LogP) is 2.27. The van der Waals surface area contributed by atoms with Crippen molar-refractivity contribution in [1.82, 2.24) is 4.90 Å². The lowest BCUT2D eigenvalue weighted by molar-refractivity contribution is -0.384. The van der Waals surface area contributed by atoms with Crippen LogP contribution in [0.3, 0.4) is 0 Å². The number of hydrogen-bond donors (Lipinski definition) is 1. The third kappa shape index (κ3) is 3.53. The molecule has 1 aliphatic rings. The number of nitrogens with zero attached hydrogens (tertiary/aromatic N) is 3. The molecule has 1 aliphatic heterocycles. The predicted molar refractivity (Wildman–Crippen MR) is 95.9 cm³/mol. The topological polar surface area (TPSA) is 96.2 Å². The van der Waals surface area contributed by atoms with Crippen molar-refractivity contribution in [2.24, 2.45) is 0 Å². The molecule has 1 N–H and O–H groups in total. The number of nitro groups is 1. The van der Waals surface area contributed by atoms with Crippen LogP contribution in [0.25, 0.3) is 0 Å². The van der Waals surface area contributed by atoms with Crippen molar-refractivity contribution in [3.8, 4) is 11.5 Å². The van der Waals surface area contributed by atoms with Crippen molar-refractivity contribution < 1.29 is 19.6 Å². The van der Waals surface area contributed by atoms with Gasteiger partial charge in [-0.05, 0) is 30.3 Å². The maximum absolute atomic E-state index is 12.7. The fraction of sp³-hybridized carbons (Fsp3) is 0.278. The minimum Gasteiger partial charge on any atom is -0.507 e. The average molecular weight is 357 g/mol. The van der Waals surface area contributed by atoms with E-state index < -0.39 is 4.92 Å². The summed E-state index contributed by atoms with van der Waals surface area (Å²) in [6.45, 7) is 2.20. The minimum atomic E-state index is -0.430. The number of methoxy groups -OCH3 is 1. The van der Waals surface area contributed by atoms with Crippen LogP contribution in [0.15, 0.2) is 42.5 Å². The zero-order chi connectivity index (χ0) is 18.7. The van der Waals surface area contributed by atoms with Crippen LogP contribution in [0.4, 0.5) is 11.4 Å². The summed E-state index contributed by atoms with van der Waals surface area (Å²) >= 11 is 0. The van der Waals surface area contributed by atoms with Crippen LogP contribution in [0.2, 0.25) is 0 Å². The summed E-state index contributed by atoms with van der Waals surface area (Å²) < 4.78 is 5.11. The molecule has 0 aliphatic carbocycles. The molecule has 0 aromatic heterocycles. The second-order valence-corrected chi connectivity index (χ2v) is 5.94. The summed E-state index contributed by atoms with van der Waals surface area (Å²) in [6, 6.07) is 10.9. The highest BCUT2D eigenvalue weighted by atomic mass is 16.6. The van der Waals surface area contributed by atoms with Gasteiger partial charge in [-0.1, -0.05) is 0 Å². The number of rotatable bonds is 4. The fourth-order valence-corrected chi connectivity index (χ4v) is 2.94. The lowest BCUT2D eigenvalue weighted by Gasteiger charge is -2.36. The van der Waals surface area contributed by atoms with Crippen LogP contribution in [-0.4, -0.2) is 54.1 Å². The molecule has 2 aromatic rings. The van der Waals surface area contributed by atoms with E-state index in [0.717, 1.165) is 5.69 Å². The molecular weight excluding hydrogens is 338 g/mol. The van der Waals surface area contributed by atoms with Gasteiger partial charge < -0.3 is 19.6 Å². The Balaban J connectivity index is 1.66. The first kappa shape index (κ1) is 17.5. The molecule has 0 radical (unpaired) electrons. The Bertz CT molecular complexity index is 814. The van der Waals surface area contributed by atoms with E-state index >= 15 is 0 Å². The van der Waals surface area contributed by atoms with E-state index in [0.29, 0.717) is 31.9 Å². The smallest absolute Gasteiger partial charge is 0.269 e. The number of phenols is 1. The number of nitro benzene ring substituents is 1. The van der Waals surface area contributed by atoms with Gasteiger partial charge in [0.05, 0.1) is 17.6 Å². The molecular formula is C18H19N3O5. The molecule has 0 atom stereocenters. The Hall–Kier alpha value is -3.29. The van der Waals surface area contributed by atoms with E-state index in [-0.39, 0.29) is 22.9 Å². The van der Waals surface area contributed by atoms with Crippen molar-refractivity contribution in [3.63, 3.8) is 0 Å². The first-order valence-corrected chi connectivity index (χ1v) is 8.15. The molecule has 136 valence electrons. The highest BCUT2D eigenvalue weighted by molar-refractivity contribution is 5.97. The fourth-order valence-electron chi connectivity index (χ4n) is 2.94. The van der Waals surface area contributed by atoms with Gasteiger partial charge in [0.25, 0.3) is 11.6 Å². The van der Waals surface area contributed by atoms with Crippen molar-refractivity contribution in [1.29, 1.82) is 0 Å². The van der Waals surface area contributed by atoms with Crippen molar-refractivity contribution in [2.45, 2.75) is 0 Å². The van der Waals surface area contributed by atoms with Crippen molar-refractivity contribution in [3.05, 3.63) is 58.1 Å². The Morgan fingerprint density at radius 3 is 2.35 bits per heavy atom. The molecule has 1 heterocycles. The molecule has 0 saturated carbocycles. The first-order chi connectivity index (χ1) is 12.5. The van der Waals surface area contributed by atoms with Gasteiger partial charge in [-0.3, -0.25) is 14.9 Å². The van der Waals surface area contributed by atoms with Gasteiger partial charge >= 0.3 is 0 Å². The summed E-state index contributed by atoms with van der Waals surface area (Å²) in [5, 5.41) is 20.7. The number of ether oxygens (including phenoxy) is 1. The van der Waals surface area contributed by atoms with E-state index in [9.17, 15) is 20.0 Å². The molecule has 1 saturated heterocycles. The Morgan fingerprint density at radius 1 is 1.12 bits per heavy atom. The maximum atomic E-state index is 12.7. The molecule has 26 heavy (non-hydrogen) atoms. The number of hydrogen-bond acceptors (Lipinski definition) is 6. The van der Waals surface area contributed by atoms with Crippen molar-refractivity contribution in [2.75, 3.05) is 38.2 Å². The number of aromatic hydroxyl groups is 1. The molecule has 0 spiro atoms. The van der Waals surface area contributed by atoms with Crippen LogP contribution < -0.4 is 9.64 Å². The lowest BCUT2D eigenvalue weighted by atomic mass is 10.1. The standard InChI is InChI=1S/C18H19N3O5/c1-26-15-6-7-17(22)16(12-15)18(23)20-10-8-19(9-11-20)13-2-4-14(5-3-13)21(24)25/h2-7,12,22H,8-11H2,1H3. The number of anilines is 1. The zero-order valence-electron chi connectivity index (χ0n) is 14.3. The van der Waals surface area contributed by atoms with Gasteiger partial charge in [-0.25, -0.2) is 0 Å². The largest absolute Gasteiger partial charge is 0.507 e. The summed E-state index contributed by atoms with van der Waals surface area (Å²) in [7, 11) is 1.50. The van der Waals surface area contributed by atoms with Gasteiger partial charge in [0.15, 0.2) is 0 Å². The molecule has 1 amide bonds. The minimum absolute atomic E-state index is 0.0519. The number of carbonyl (C=O) groups excluding carboxylic acids is 1. The van der Waals surface area contributed by atoms with E-state index in [1.165, 1.54) is 31.4 Å².